The zero-order valence-electron chi connectivity index (χ0n) is 14.8. The Morgan fingerprint density at radius 1 is 0.962 bits per heavy atom. The Balaban J connectivity index is 1.38. The van der Waals surface area contributed by atoms with Gasteiger partial charge >= 0.3 is 6.09 Å². The van der Waals surface area contributed by atoms with E-state index in [2.05, 4.69) is 5.32 Å². The van der Waals surface area contributed by atoms with E-state index in [9.17, 15) is 9.59 Å². The number of nitrogens with one attached hydrogen (secondary N) is 1. The van der Waals surface area contributed by atoms with Gasteiger partial charge in [-0.05, 0) is 36.5 Å². The van der Waals surface area contributed by atoms with Gasteiger partial charge in [0, 0.05) is 25.2 Å². The largest absolute Gasteiger partial charge is 0.445 e. The van der Waals surface area contributed by atoms with Crippen molar-refractivity contribution >= 4 is 17.7 Å². The number of rotatable bonds is 5. The fourth-order valence-electron chi connectivity index (χ4n) is 3.13. The van der Waals surface area contributed by atoms with Gasteiger partial charge in [-0.3, -0.25) is 4.79 Å². The van der Waals surface area contributed by atoms with Gasteiger partial charge in [-0.25, -0.2) is 4.79 Å². The standard InChI is InChI=1S/C21H24N2O3/c24-20(22-19-9-5-2-6-10-19)15-17-11-13-23(14-12-17)21(25)26-16-18-7-3-1-4-8-18/h1-10,17H,11-16H2,(H,22,24). The molecule has 0 bridgehead atoms. The Morgan fingerprint density at radius 3 is 2.23 bits per heavy atom. The van der Waals surface area contributed by atoms with E-state index in [0.717, 1.165) is 24.1 Å². The highest BCUT2D eigenvalue weighted by Crippen LogP contribution is 2.22. The second-order valence-corrected chi connectivity index (χ2v) is 6.59. The van der Waals surface area contributed by atoms with Gasteiger partial charge in [0.25, 0.3) is 0 Å². The zero-order chi connectivity index (χ0) is 18.2. The predicted octanol–water partition coefficient (Wildman–Crippen LogP) is 4.06. The number of para-hydroxylation sites is 1. The van der Waals surface area contributed by atoms with Gasteiger partial charge in [0.1, 0.15) is 6.61 Å². The van der Waals surface area contributed by atoms with Crippen LogP contribution >= 0.6 is 0 Å². The number of hydrogen-bond acceptors (Lipinski definition) is 3. The summed E-state index contributed by atoms with van der Waals surface area (Å²) in [6, 6.07) is 19.1. The van der Waals surface area contributed by atoms with Crippen molar-refractivity contribution < 1.29 is 14.3 Å². The van der Waals surface area contributed by atoms with Crippen molar-refractivity contribution in [2.45, 2.75) is 25.9 Å². The van der Waals surface area contributed by atoms with Crippen LogP contribution in [0.1, 0.15) is 24.8 Å². The second kappa shape index (κ2) is 9.04. The minimum Gasteiger partial charge on any atom is -0.445 e. The lowest BCUT2D eigenvalue weighted by molar-refractivity contribution is -0.117. The molecule has 1 fully saturated rings. The SMILES string of the molecule is O=C(CC1CCN(C(=O)OCc2ccccc2)CC1)Nc1ccccc1. The third-order valence-corrected chi connectivity index (χ3v) is 4.61. The lowest BCUT2D eigenvalue weighted by Gasteiger charge is -2.31. The normalized spacial score (nSPS) is 14.7. The molecule has 1 saturated heterocycles. The van der Waals surface area contributed by atoms with E-state index in [4.69, 9.17) is 4.74 Å². The summed E-state index contributed by atoms with van der Waals surface area (Å²) in [5.74, 6) is 0.332. The Kier molecular flexibility index (Phi) is 6.25. The highest BCUT2D eigenvalue weighted by Gasteiger charge is 2.25. The summed E-state index contributed by atoms with van der Waals surface area (Å²) >= 11 is 0. The monoisotopic (exact) mass is 352 g/mol. The first-order valence-corrected chi connectivity index (χ1v) is 9.01. The summed E-state index contributed by atoms with van der Waals surface area (Å²) in [6.07, 6.45) is 1.86. The number of carbonyl (C=O) groups is 2. The van der Waals surface area contributed by atoms with Crippen LogP contribution in [0.3, 0.4) is 0 Å². The number of ether oxygens (including phenoxy) is 1. The van der Waals surface area contributed by atoms with Crippen LogP contribution < -0.4 is 5.32 Å². The highest BCUT2D eigenvalue weighted by molar-refractivity contribution is 5.90. The van der Waals surface area contributed by atoms with E-state index in [1.807, 2.05) is 60.7 Å². The molecule has 0 aromatic heterocycles. The van der Waals surface area contributed by atoms with Crippen molar-refractivity contribution in [2.75, 3.05) is 18.4 Å². The number of nitrogens with zero attached hydrogens (tertiary/aromatic N) is 1. The molecular weight excluding hydrogens is 328 g/mol. The van der Waals surface area contributed by atoms with Crippen LogP contribution in [-0.4, -0.2) is 30.0 Å². The summed E-state index contributed by atoms with van der Waals surface area (Å²) in [7, 11) is 0. The summed E-state index contributed by atoms with van der Waals surface area (Å²) in [6.45, 7) is 1.56. The topological polar surface area (TPSA) is 58.6 Å². The van der Waals surface area contributed by atoms with Gasteiger partial charge in [-0.1, -0.05) is 48.5 Å². The van der Waals surface area contributed by atoms with Gasteiger partial charge < -0.3 is 15.0 Å². The summed E-state index contributed by atoms with van der Waals surface area (Å²) < 4.78 is 5.37. The molecule has 0 unspecified atom stereocenters. The molecule has 2 amide bonds. The average Bonchev–Trinajstić information content (AvgIpc) is 2.68. The third kappa shape index (κ3) is 5.34. The first kappa shape index (κ1) is 18.0. The van der Waals surface area contributed by atoms with Crippen LogP contribution in [0.25, 0.3) is 0 Å². The van der Waals surface area contributed by atoms with Crippen LogP contribution in [0, 0.1) is 5.92 Å². The lowest BCUT2D eigenvalue weighted by atomic mass is 9.93. The first-order chi connectivity index (χ1) is 12.7. The molecule has 26 heavy (non-hydrogen) atoms. The van der Waals surface area contributed by atoms with E-state index in [1.54, 1.807) is 4.90 Å². The van der Waals surface area contributed by atoms with Crippen molar-refractivity contribution in [3.8, 4) is 0 Å². The molecular formula is C21H24N2O3. The zero-order valence-corrected chi connectivity index (χ0v) is 14.8. The molecule has 0 spiro atoms. The lowest BCUT2D eigenvalue weighted by Crippen LogP contribution is -2.39. The second-order valence-electron chi connectivity index (χ2n) is 6.59. The Hall–Kier alpha value is -2.82. The molecule has 0 atom stereocenters. The smallest absolute Gasteiger partial charge is 0.410 e. The molecule has 1 aliphatic heterocycles. The van der Waals surface area contributed by atoms with Gasteiger partial charge in [0.05, 0.1) is 0 Å². The van der Waals surface area contributed by atoms with Crippen molar-refractivity contribution in [1.82, 2.24) is 4.90 Å². The molecule has 0 saturated carbocycles. The average molecular weight is 352 g/mol. The van der Waals surface area contributed by atoms with Crippen LogP contribution in [0.5, 0.6) is 0 Å². The Labute approximate surface area is 154 Å². The minimum atomic E-state index is -0.277. The van der Waals surface area contributed by atoms with E-state index in [0.29, 0.717) is 32.0 Å². The maximum Gasteiger partial charge on any atom is 0.410 e. The number of anilines is 1. The van der Waals surface area contributed by atoms with Crippen LogP contribution in [0.15, 0.2) is 60.7 Å². The van der Waals surface area contributed by atoms with Crippen LogP contribution in [0.4, 0.5) is 10.5 Å². The van der Waals surface area contributed by atoms with Gasteiger partial charge in [0.2, 0.25) is 5.91 Å². The Bertz CT molecular complexity index is 711. The van der Waals surface area contributed by atoms with Crippen molar-refractivity contribution in [3.05, 3.63) is 66.2 Å². The highest BCUT2D eigenvalue weighted by atomic mass is 16.6. The van der Waals surface area contributed by atoms with Gasteiger partial charge in [-0.2, -0.15) is 0 Å². The molecule has 136 valence electrons. The van der Waals surface area contributed by atoms with Crippen molar-refractivity contribution in [1.29, 1.82) is 0 Å². The molecule has 0 radical (unpaired) electrons. The molecule has 2 aromatic rings. The summed E-state index contributed by atoms with van der Waals surface area (Å²) in [5.41, 5.74) is 1.80. The maximum absolute atomic E-state index is 12.2. The number of hydrogen-bond donors (Lipinski definition) is 1. The van der Waals surface area contributed by atoms with Gasteiger partial charge in [-0.15, -0.1) is 0 Å². The first-order valence-electron chi connectivity index (χ1n) is 9.01. The van der Waals surface area contributed by atoms with E-state index >= 15 is 0 Å². The van der Waals surface area contributed by atoms with Crippen LogP contribution in [-0.2, 0) is 16.1 Å². The third-order valence-electron chi connectivity index (χ3n) is 4.61. The summed E-state index contributed by atoms with van der Waals surface area (Å²) in [4.78, 5) is 26.0. The van der Waals surface area contributed by atoms with E-state index in [-0.39, 0.29) is 12.0 Å². The number of carbonyl (C=O) groups excluding carboxylic acids is 2. The van der Waals surface area contributed by atoms with E-state index < -0.39 is 0 Å². The van der Waals surface area contributed by atoms with E-state index in [1.165, 1.54) is 0 Å². The molecule has 2 aromatic carbocycles. The molecule has 5 heteroatoms. The molecule has 5 nitrogen and oxygen atoms in total. The number of benzene rings is 2. The molecule has 0 aliphatic carbocycles. The molecule has 1 N–H and O–H groups in total. The van der Waals surface area contributed by atoms with Crippen molar-refractivity contribution in [3.63, 3.8) is 0 Å². The molecule has 1 heterocycles. The van der Waals surface area contributed by atoms with Crippen LogP contribution in [0.2, 0.25) is 0 Å². The van der Waals surface area contributed by atoms with Gasteiger partial charge in [0.15, 0.2) is 0 Å². The number of amides is 2. The maximum atomic E-state index is 12.2. The number of piperidine rings is 1. The fourth-order valence-corrected chi connectivity index (χ4v) is 3.13. The predicted molar refractivity (Wildman–Crippen MR) is 101 cm³/mol. The summed E-state index contributed by atoms with van der Waals surface area (Å²) in [5, 5.41) is 2.92. The quantitative estimate of drug-likeness (QED) is 0.883. The van der Waals surface area contributed by atoms with Crippen molar-refractivity contribution in [2.24, 2.45) is 5.92 Å². The number of likely N-dealkylation sites (tertiary alicyclic amines) is 1. The minimum absolute atomic E-state index is 0.0290. The fraction of sp³-hybridized carbons (Fsp3) is 0.333. The Morgan fingerprint density at radius 2 is 1.58 bits per heavy atom. The molecule has 3 rings (SSSR count). The molecule has 1 aliphatic rings.